The second-order valence-corrected chi connectivity index (χ2v) is 9.31. The molecule has 0 atom stereocenters. The van der Waals surface area contributed by atoms with Crippen LogP contribution in [0.1, 0.15) is 37.7 Å². The minimum Gasteiger partial charge on any atom is -0.360 e. The Hall–Kier alpha value is -1.18. The molecule has 1 heterocycles. The first-order valence-electron chi connectivity index (χ1n) is 9.09. The van der Waals surface area contributed by atoms with E-state index in [0.29, 0.717) is 37.1 Å². The zero-order valence-corrected chi connectivity index (χ0v) is 16.4. The Morgan fingerprint density at radius 1 is 1.04 bits per heavy atom. The molecular weight excluding hydrogens is 354 g/mol. The topological polar surface area (TPSA) is 52.7 Å². The van der Waals surface area contributed by atoms with Crippen LogP contribution in [0.5, 0.6) is 0 Å². The van der Waals surface area contributed by atoms with Gasteiger partial charge in [-0.2, -0.15) is 4.31 Å². The van der Waals surface area contributed by atoms with Crippen molar-refractivity contribution in [2.24, 2.45) is 0 Å². The largest absolute Gasteiger partial charge is 0.360 e. The predicted molar refractivity (Wildman–Crippen MR) is 104 cm³/mol. The summed E-state index contributed by atoms with van der Waals surface area (Å²) in [6.45, 7) is 4.19. The molecule has 1 aliphatic carbocycles. The van der Waals surface area contributed by atoms with Crippen LogP contribution < -0.4 is 5.32 Å². The van der Waals surface area contributed by atoms with Crippen molar-refractivity contribution >= 4 is 27.4 Å². The standard InChI is InChI=1S/C18H27N3O2S2/c1-15-7-9-17(10-8-15)25(22,23)21-13-11-20(12-14-21)18(24)19-16-5-3-2-4-6-16/h7-10,16H,2-6,11-14H2,1H3,(H,19,24). The summed E-state index contributed by atoms with van der Waals surface area (Å²) in [7, 11) is -3.41. The summed E-state index contributed by atoms with van der Waals surface area (Å²) in [6.07, 6.45) is 6.22. The van der Waals surface area contributed by atoms with Gasteiger partial charge in [-0.1, -0.05) is 37.0 Å². The third-order valence-corrected chi connectivity index (χ3v) is 7.41. The van der Waals surface area contributed by atoms with Crippen molar-refractivity contribution in [1.29, 1.82) is 0 Å². The van der Waals surface area contributed by atoms with Gasteiger partial charge in [-0.05, 0) is 44.1 Å². The fourth-order valence-electron chi connectivity index (χ4n) is 3.50. The van der Waals surface area contributed by atoms with E-state index >= 15 is 0 Å². The monoisotopic (exact) mass is 381 g/mol. The molecule has 0 aromatic heterocycles. The van der Waals surface area contributed by atoms with Crippen LogP contribution in [0.15, 0.2) is 29.2 Å². The number of thiocarbonyl (C=S) groups is 1. The van der Waals surface area contributed by atoms with Crippen LogP contribution in [0.4, 0.5) is 0 Å². The van der Waals surface area contributed by atoms with Gasteiger partial charge < -0.3 is 10.2 Å². The van der Waals surface area contributed by atoms with E-state index in [1.165, 1.54) is 32.1 Å². The Bertz CT molecular complexity index is 690. The van der Waals surface area contributed by atoms with Gasteiger partial charge in [0.05, 0.1) is 4.90 Å². The molecule has 5 nitrogen and oxygen atoms in total. The van der Waals surface area contributed by atoms with Crippen molar-refractivity contribution in [3.8, 4) is 0 Å². The van der Waals surface area contributed by atoms with Crippen LogP contribution in [0.2, 0.25) is 0 Å². The van der Waals surface area contributed by atoms with Gasteiger partial charge in [-0.25, -0.2) is 8.42 Å². The highest BCUT2D eigenvalue weighted by Crippen LogP contribution is 2.20. The van der Waals surface area contributed by atoms with E-state index in [0.717, 1.165) is 10.7 Å². The highest BCUT2D eigenvalue weighted by Gasteiger charge is 2.29. The minimum atomic E-state index is -3.41. The first-order chi connectivity index (χ1) is 12.0. The molecule has 1 saturated heterocycles. The fraction of sp³-hybridized carbons (Fsp3) is 0.611. The molecule has 0 bridgehead atoms. The van der Waals surface area contributed by atoms with Crippen molar-refractivity contribution in [1.82, 2.24) is 14.5 Å². The zero-order valence-electron chi connectivity index (χ0n) is 14.8. The highest BCUT2D eigenvalue weighted by atomic mass is 32.2. The number of aryl methyl sites for hydroxylation is 1. The van der Waals surface area contributed by atoms with Crippen LogP contribution >= 0.6 is 12.2 Å². The molecule has 2 aliphatic rings. The number of hydrogen-bond donors (Lipinski definition) is 1. The highest BCUT2D eigenvalue weighted by molar-refractivity contribution is 7.89. The maximum absolute atomic E-state index is 12.8. The van der Waals surface area contributed by atoms with Gasteiger partial charge in [0.25, 0.3) is 0 Å². The summed E-state index contributed by atoms with van der Waals surface area (Å²) < 4.78 is 27.1. The van der Waals surface area contributed by atoms with E-state index in [1.54, 1.807) is 16.4 Å². The van der Waals surface area contributed by atoms with Crippen molar-refractivity contribution in [3.05, 3.63) is 29.8 Å². The first-order valence-corrected chi connectivity index (χ1v) is 10.9. The second kappa shape index (κ2) is 8.01. The van der Waals surface area contributed by atoms with Crippen molar-refractivity contribution in [2.75, 3.05) is 26.2 Å². The molecule has 0 unspecified atom stereocenters. The molecule has 1 aliphatic heterocycles. The Morgan fingerprint density at radius 3 is 2.24 bits per heavy atom. The summed E-state index contributed by atoms with van der Waals surface area (Å²) in [4.78, 5) is 2.47. The summed E-state index contributed by atoms with van der Waals surface area (Å²) in [5.41, 5.74) is 1.06. The van der Waals surface area contributed by atoms with Crippen LogP contribution in [0.3, 0.4) is 0 Å². The van der Waals surface area contributed by atoms with E-state index in [2.05, 4.69) is 10.2 Å². The molecule has 3 rings (SSSR count). The van der Waals surface area contributed by atoms with Gasteiger partial charge in [0.15, 0.2) is 5.11 Å². The number of rotatable bonds is 3. The van der Waals surface area contributed by atoms with Crippen LogP contribution in [0.25, 0.3) is 0 Å². The van der Waals surface area contributed by atoms with Gasteiger partial charge >= 0.3 is 0 Å². The van der Waals surface area contributed by atoms with Crippen molar-refractivity contribution < 1.29 is 8.42 Å². The summed E-state index contributed by atoms with van der Waals surface area (Å²) >= 11 is 5.54. The lowest BCUT2D eigenvalue weighted by Gasteiger charge is -2.37. The molecule has 138 valence electrons. The number of sulfonamides is 1. The Labute approximate surface area is 156 Å². The third kappa shape index (κ3) is 4.51. The lowest BCUT2D eigenvalue weighted by molar-refractivity contribution is 0.259. The van der Waals surface area contributed by atoms with Gasteiger partial charge in [0.1, 0.15) is 0 Å². The zero-order chi connectivity index (χ0) is 17.9. The molecule has 1 saturated carbocycles. The van der Waals surface area contributed by atoms with E-state index in [-0.39, 0.29) is 0 Å². The van der Waals surface area contributed by atoms with Gasteiger partial charge in [0.2, 0.25) is 10.0 Å². The average Bonchev–Trinajstić information content (AvgIpc) is 2.63. The maximum Gasteiger partial charge on any atom is 0.243 e. The fourth-order valence-corrected chi connectivity index (χ4v) is 5.28. The van der Waals surface area contributed by atoms with Crippen molar-refractivity contribution in [2.45, 2.75) is 50.0 Å². The Balaban J connectivity index is 1.55. The second-order valence-electron chi connectivity index (χ2n) is 6.99. The first kappa shape index (κ1) is 18.6. The van der Waals surface area contributed by atoms with E-state index < -0.39 is 10.0 Å². The lowest BCUT2D eigenvalue weighted by atomic mass is 9.96. The molecule has 25 heavy (non-hydrogen) atoms. The molecule has 1 aromatic carbocycles. The Kier molecular flexibility index (Phi) is 5.96. The molecule has 0 spiro atoms. The van der Waals surface area contributed by atoms with Crippen LogP contribution in [0, 0.1) is 6.92 Å². The number of hydrogen-bond acceptors (Lipinski definition) is 3. The molecule has 1 aromatic rings. The lowest BCUT2D eigenvalue weighted by Crippen LogP contribution is -2.54. The average molecular weight is 382 g/mol. The molecule has 0 amide bonds. The number of nitrogens with zero attached hydrogens (tertiary/aromatic N) is 2. The van der Waals surface area contributed by atoms with Gasteiger partial charge in [0, 0.05) is 32.2 Å². The van der Waals surface area contributed by atoms with Crippen LogP contribution in [-0.2, 0) is 10.0 Å². The van der Waals surface area contributed by atoms with E-state index in [1.807, 2.05) is 19.1 Å². The molecular formula is C18H27N3O2S2. The quantitative estimate of drug-likeness (QED) is 0.816. The number of nitrogens with one attached hydrogen (secondary N) is 1. The normalized spacial score (nSPS) is 20.4. The molecule has 0 radical (unpaired) electrons. The SMILES string of the molecule is Cc1ccc(S(=O)(=O)N2CCN(C(=S)NC3CCCCC3)CC2)cc1. The van der Waals surface area contributed by atoms with Crippen LogP contribution in [-0.4, -0.2) is 55.0 Å². The Morgan fingerprint density at radius 2 is 1.64 bits per heavy atom. The van der Waals surface area contributed by atoms with Crippen molar-refractivity contribution in [3.63, 3.8) is 0 Å². The summed E-state index contributed by atoms with van der Waals surface area (Å²) in [5, 5.41) is 4.25. The molecule has 1 N–H and O–H groups in total. The molecule has 2 fully saturated rings. The van der Waals surface area contributed by atoms with Gasteiger partial charge in [-0.15, -0.1) is 0 Å². The van der Waals surface area contributed by atoms with E-state index in [9.17, 15) is 8.42 Å². The predicted octanol–water partition coefficient (Wildman–Crippen LogP) is 2.51. The number of benzene rings is 1. The summed E-state index contributed by atoms with van der Waals surface area (Å²) in [6, 6.07) is 7.53. The van der Waals surface area contributed by atoms with E-state index in [4.69, 9.17) is 12.2 Å². The smallest absolute Gasteiger partial charge is 0.243 e. The minimum absolute atomic E-state index is 0.370. The van der Waals surface area contributed by atoms with Gasteiger partial charge in [-0.3, -0.25) is 0 Å². The maximum atomic E-state index is 12.8. The number of piperazine rings is 1. The third-order valence-electron chi connectivity index (χ3n) is 5.12. The molecule has 7 heteroatoms. The summed E-state index contributed by atoms with van der Waals surface area (Å²) in [5.74, 6) is 0.